The molecule has 1 rings (SSSR count). The molecule has 1 amide bonds. The summed E-state index contributed by atoms with van der Waals surface area (Å²) in [5.41, 5.74) is 7.76. The molecule has 2 atom stereocenters. The molecule has 4 nitrogen and oxygen atoms in total. The van der Waals surface area contributed by atoms with E-state index in [4.69, 9.17) is 10.8 Å². The highest BCUT2D eigenvalue weighted by Crippen LogP contribution is 2.14. The molecule has 0 aliphatic rings. The van der Waals surface area contributed by atoms with Crippen molar-refractivity contribution in [2.75, 3.05) is 11.9 Å². The van der Waals surface area contributed by atoms with Gasteiger partial charge in [-0.25, -0.2) is 0 Å². The van der Waals surface area contributed by atoms with E-state index in [-0.39, 0.29) is 18.4 Å². The molecule has 1 aromatic rings. The van der Waals surface area contributed by atoms with Crippen LogP contribution in [-0.4, -0.2) is 23.7 Å². The maximum absolute atomic E-state index is 12.0. The number of nitrogens with one attached hydrogen (secondary N) is 1. The van der Waals surface area contributed by atoms with E-state index >= 15 is 0 Å². The number of aryl methyl sites for hydroxylation is 1. The zero-order valence-corrected chi connectivity index (χ0v) is 11.7. The van der Waals surface area contributed by atoms with Gasteiger partial charge in [0.25, 0.3) is 0 Å². The van der Waals surface area contributed by atoms with Gasteiger partial charge in [0.1, 0.15) is 0 Å². The van der Waals surface area contributed by atoms with Gasteiger partial charge < -0.3 is 16.2 Å². The minimum absolute atomic E-state index is 0.145. The Morgan fingerprint density at radius 3 is 2.84 bits per heavy atom. The molecule has 0 heterocycles. The molecule has 4 N–H and O–H groups in total. The molecular weight excluding hydrogens is 240 g/mol. The Morgan fingerprint density at radius 1 is 1.47 bits per heavy atom. The second kappa shape index (κ2) is 7.92. The number of carbonyl (C=O) groups excluding carboxylic acids is 1. The predicted octanol–water partition coefficient (Wildman–Crippen LogP) is 1.92. The van der Waals surface area contributed by atoms with Gasteiger partial charge in [-0.2, -0.15) is 0 Å². The van der Waals surface area contributed by atoms with Gasteiger partial charge in [0.15, 0.2) is 0 Å². The number of hydrogen-bond donors (Lipinski definition) is 3. The van der Waals surface area contributed by atoms with Crippen LogP contribution in [0.15, 0.2) is 24.3 Å². The summed E-state index contributed by atoms with van der Waals surface area (Å²) in [5, 5.41) is 11.7. The van der Waals surface area contributed by atoms with Crippen LogP contribution in [0, 0.1) is 5.92 Å². The Hall–Kier alpha value is -1.39. The molecule has 0 saturated heterocycles. The fraction of sp³-hybridized carbons (Fsp3) is 0.533. The van der Waals surface area contributed by atoms with Gasteiger partial charge in [0.05, 0.1) is 6.04 Å². The Kier molecular flexibility index (Phi) is 6.53. The van der Waals surface area contributed by atoms with Crippen molar-refractivity contribution in [2.45, 2.75) is 39.2 Å². The highest BCUT2D eigenvalue weighted by Gasteiger charge is 2.19. The lowest BCUT2D eigenvalue weighted by molar-refractivity contribution is -0.118. The monoisotopic (exact) mass is 264 g/mol. The van der Waals surface area contributed by atoms with E-state index in [1.807, 2.05) is 38.1 Å². The van der Waals surface area contributed by atoms with Crippen LogP contribution in [-0.2, 0) is 11.2 Å². The molecule has 19 heavy (non-hydrogen) atoms. The number of benzene rings is 1. The summed E-state index contributed by atoms with van der Waals surface area (Å²) in [4.78, 5) is 12.0. The standard InChI is InChI=1S/C15H24N2O2/c1-3-11(2)14(16)15(19)17-13-8-4-6-12(10-13)7-5-9-18/h4,6,8,10-11,14,18H,3,5,7,9,16H2,1-2H3,(H,17,19). The van der Waals surface area contributed by atoms with Crippen molar-refractivity contribution >= 4 is 11.6 Å². The third-order valence-electron chi connectivity index (χ3n) is 3.38. The average molecular weight is 264 g/mol. The quantitative estimate of drug-likeness (QED) is 0.704. The first-order valence-electron chi connectivity index (χ1n) is 6.84. The van der Waals surface area contributed by atoms with E-state index in [1.54, 1.807) is 0 Å². The first-order chi connectivity index (χ1) is 9.08. The van der Waals surface area contributed by atoms with Crippen LogP contribution in [0.4, 0.5) is 5.69 Å². The van der Waals surface area contributed by atoms with Crippen molar-refractivity contribution < 1.29 is 9.90 Å². The Bertz CT molecular complexity index is 407. The maximum atomic E-state index is 12.0. The number of amides is 1. The number of aliphatic hydroxyl groups is 1. The summed E-state index contributed by atoms with van der Waals surface area (Å²) in [7, 11) is 0. The van der Waals surface area contributed by atoms with E-state index in [1.165, 1.54) is 0 Å². The van der Waals surface area contributed by atoms with Crippen molar-refractivity contribution in [1.82, 2.24) is 0 Å². The Balaban J connectivity index is 2.63. The van der Waals surface area contributed by atoms with Crippen molar-refractivity contribution in [3.05, 3.63) is 29.8 Å². The van der Waals surface area contributed by atoms with Crippen molar-refractivity contribution in [3.8, 4) is 0 Å². The molecule has 0 fully saturated rings. The van der Waals surface area contributed by atoms with Gasteiger partial charge in [-0.1, -0.05) is 32.4 Å². The summed E-state index contributed by atoms with van der Waals surface area (Å²) < 4.78 is 0. The fourth-order valence-electron chi connectivity index (χ4n) is 1.83. The van der Waals surface area contributed by atoms with Crippen LogP contribution < -0.4 is 11.1 Å². The molecule has 0 aliphatic carbocycles. The van der Waals surface area contributed by atoms with Crippen LogP contribution in [0.1, 0.15) is 32.3 Å². The third-order valence-corrected chi connectivity index (χ3v) is 3.38. The van der Waals surface area contributed by atoms with Crippen LogP contribution in [0.2, 0.25) is 0 Å². The van der Waals surface area contributed by atoms with E-state index < -0.39 is 6.04 Å². The minimum atomic E-state index is -0.480. The number of aliphatic hydroxyl groups excluding tert-OH is 1. The van der Waals surface area contributed by atoms with Gasteiger partial charge >= 0.3 is 0 Å². The first-order valence-corrected chi connectivity index (χ1v) is 6.84. The lowest BCUT2D eigenvalue weighted by atomic mass is 9.99. The lowest BCUT2D eigenvalue weighted by Gasteiger charge is -2.18. The zero-order valence-electron chi connectivity index (χ0n) is 11.7. The fourth-order valence-corrected chi connectivity index (χ4v) is 1.83. The topological polar surface area (TPSA) is 75.4 Å². The normalized spacial score (nSPS) is 13.9. The Labute approximate surface area is 115 Å². The predicted molar refractivity (Wildman–Crippen MR) is 77.9 cm³/mol. The van der Waals surface area contributed by atoms with Gasteiger partial charge in [-0.05, 0) is 36.5 Å². The molecule has 0 aliphatic heterocycles. The molecule has 0 aromatic heterocycles. The van der Waals surface area contributed by atoms with Crippen molar-refractivity contribution in [3.63, 3.8) is 0 Å². The number of hydrogen-bond acceptors (Lipinski definition) is 3. The van der Waals surface area contributed by atoms with Gasteiger partial charge in [0.2, 0.25) is 5.91 Å². The molecule has 0 bridgehead atoms. The van der Waals surface area contributed by atoms with Crippen LogP contribution in [0.25, 0.3) is 0 Å². The third kappa shape index (κ3) is 5.01. The lowest BCUT2D eigenvalue weighted by Crippen LogP contribution is -2.40. The molecule has 1 aromatic carbocycles. The number of rotatable bonds is 7. The zero-order chi connectivity index (χ0) is 14.3. The summed E-state index contributed by atoms with van der Waals surface area (Å²) in [6.07, 6.45) is 2.41. The van der Waals surface area contributed by atoms with Gasteiger partial charge in [0, 0.05) is 12.3 Å². The minimum Gasteiger partial charge on any atom is -0.396 e. The number of anilines is 1. The second-order valence-electron chi connectivity index (χ2n) is 4.93. The molecule has 106 valence electrons. The molecular formula is C15H24N2O2. The second-order valence-corrected chi connectivity index (χ2v) is 4.93. The van der Waals surface area contributed by atoms with E-state index in [0.29, 0.717) is 0 Å². The van der Waals surface area contributed by atoms with Crippen molar-refractivity contribution in [1.29, 1.82) is 0 Å². The largest absolute Gasteiger partial charge is 0.396 e. The summed E-state index contributed by atoms with van der Waals surface area (Å²) in [5.74, 6) is 0.0197. The van der Waals surface area contributed by atoms with Crippen LogP contribution in [0.5, 0.6) is 0 Å². The molecule has 0 saturated carbocycles. The smallest absolute Gasteiger partial charge is 0.241 e. The van der Waals surface area contributed by atoms with E-state index in [0.717, 1.165) is 30.5 Å². The molecule has 0 radical (unpaired) electrons. The summed E-state index contributed by atoms with van der Waals surface area (Å²) in [6, 6.07) is 7.18. The summed E-state index contributed by atoms with van der Waals surface area (Å²) >= 11 is 0. The highest BCUT2D eigenvalue weighted by molar-refractivity contribution is 5.94. The van der Waals surface area contributed by atoms with E-state index in [9.17, 15) is 4.79 Å². The molecule has 0 spiro atoms. The average Bonchev–Trinajstić information content (AvgIpc) is 2.43. The van der Waals surface area contributed by atoms with Crippen molar-refractivity contribution in [2.24, 2.45) is 11.7 Å². The molecule has 2 unspecified atom stereocenters. The Morgan fingerprint density at radius 2 is 2.21 bits per heavy atom. The highest BCUT2D eigenvalue weighted by atomic mass is 16.2. The van der Waals surface area contributed by atoms with Crippen LogP contribution in [0.3, 0.4) is 0 Å². The SMILES string of the molecule is CCC(C)C(N)C(=O)Nc1cccc(CCCO)c1. The summed E-state index contributed by atoms with van der Waals surface area (Å²) in [6.45, 7) is 4.17. The molecule has 4 heteroatoms. The van der Waals surface area contributed by atoms with Gasteiger partial charge in [-0.3, -0.25) is 4.79 Å². The number of nitrogens with two attached hydrogens (primary N) is 1. The maximum Gasteiger partial charge on any atom is 0.241 e. The van der Waals surface area contributed by atoms with Crippen LogP contribution >= 0.6 is 0 Å². The number of carbonyl (C=O) groups is 1. The van der Waals surface area contributed by atoms with Gasteiger partial charge in [-0.15, -0.1) is 0 Å². The van der Waals surface area contributed by atoms with E-state index in [2.05, 4.69) is 5.32 Å². The first kappa shape index (κ1) is 15.7.